The summed E-state index contributed by atoms with van der Waals surface area (Å²) in [7, 11) is 3.66. The lowest BCUT2D eigenvalue weighted by Gasteiger charge is -1.99. The van der Waals surface area contributed by atoms with E-state index >= 15 is 0 Å². The highest BCUT2D eigenvalue weighted by Gasteiger charge is 2.21. The second kappa shape index (κ2) is 4.86. The van der Waals surface area contributed by atoms with Crippen LogP contribution in [0.1, 0.15) is 0 Å². The molecule has 0 aliphatic carbocycles. The van der Waals surface area contributed by atoms with Crippen molar-refractivity contribution in [2.24, 2.45) is 14.1 Å². The molecule has 0 unspecified atom stereocenters. The second-order valence-electron chi connectivity index (χ2n) is 4.55. The number of halogens is 2. The molecular formula is C11H8BrClN8S. The molecule has 0 bridgehead atoms. The monoisotopic (exact) mass is 398 g/mol. The lowest BCUT2D eigenvalue weighted by atomic mass is 10.4. The lowest BCUT2D eigenvalue weighted by Crippen LogP contribution is -1.99. The molecule has 0 aromatic carbocycles. The standard InChI is InChI=1S/C11H8BrClN8S/c1-19-7(5(12)3-14-19)10-18-21-9(16-17-11(21)22-10)8-6(13)4-15-20(8)2/h3-4H,1-2H3. The maximum Gasteiger partial charge on any atom is 0.235 e. The van der Waals surface area contributed by atoms with Gasteiger partial charge in [0.2, 0.25) is 10.8 Å². The molecule has 0 fully saturated rings. The Labute approximate surface area is 141 Å². The van der Waals surface area contributed by atoms with Crippen LogP contribution in [0.4, 0.5) is 0 Å². The Morgan fingerprint density at radius 3 is 2.45 bits per heavy atom. The molecule has 11 heteroatoms. The Morgan fingerprint density at radius 1 is 1.09 bits per heavy atom. The number of hydrogen-bond acceptors (Lipinski definition) is 6. The van der Waals surface area contributed by atoms with E-state index in [9.17, 15) is 0 Å². The van der Waals surface area contributed by atoms with Gasteiger partial charge in [-0.1, -0.05) is 22.9 Å². The highest BCUT2D eigenvalue weighted by atomic mass is 79.9. The molecule has 4 aromatic heterocycles. The van der Waals surface area contributed by atoms with Crippen molar-refractivity contribution in [3.63, 3.8) is 0 Å². The zero-order chi connectivity index (χ0) is 15.4. The van der Waals surface area contributed by atoms with Gasteiger partial charge in [-0.15, -0.1) is 10.2 Å². The predicted octanol–water partition coefficient (Wildman–Crippen LogP) is 2.40. The summed E-state index contributed by atoms with van der Waals surface area (Å²) >= 11 is 11.1. The Morgan fingerprint density at radius 2 is 1.82 bits per heavy atom. The number of nitrogens with zero attached hydrogens (tertiary/aromatic N) is 8. The van der Waals surface area contributed by atoms with Crippen LogP contribution in [-0.4, -0.2) is 39.4 Å². The molecule has 0 amide bonds. The van der Waals surface area contributed by atoms with Gasteiger partial charge in [0.05, 0.1) is 21.9 Å². The summed E-state index contributed by atoms with van der Waals surface area (Å²) in [6.45, 7) is 0. The molecule has 0 saturated heterocycles. The third kappa shape index (κ3) is 1.91. The summed E-state index contributed by atoms with van der Waals surface area (Å²) in [5.41, 5.74) is 1.56. The zero-order valence-electron chi connectivity index (χ0n) is 11.4. The topological polar surface area (TPSA) is 78.7 Å². The molecular weight excluding hydrogens is 392 g/mol. The summed E-state index contributed by atoms with van der Waals surface area (Å²) in [5, 5.41) is 22.6. The SMILES string of the molecule is Cn1ncc(Cl)c1-c1nnc2sc(-c3c(Br)cnn3C)nn12. The van der Waals surface area contributed by atoms with Crippen LogP contribution >= 0.6 is 38.9 Å². The van der Waals surface area contributed by atoms with Crippen LogP contribution in [0.25, 0.3) is 27.2 Å². The summed E-state index contributed by atoms with van der Waals surface area (Å²) in [4.78, 5) is 0.676. The maximum absolute atomic E-state index is 6.18. The number of hydrogen-bond donors (Lipinski definition) is 0. The fraction of sp³-hybridized carbons (Fsp3) is 0.182. The van der Waals surface area contributed by atoms with E-state index in [0.29, 0.717) is 21.5 Å². The van der Waals surface area contributed by atoms with E-state index in [0.717, 1.165) is 15.2 Å². The first kappa shape index (κ1) is 13.9. The van der Waals surface area contributed by atoms with E-state index < -0.39 is 0 Å². The molecule has 0 radical (unpaired) electrons. The van der Waals surface area contributed by atoms with E-state index in [1.807, 2.05) is 7.05 Å². The van der Waals surface area contributed by atoms with Crippen molar-refractivity contribution in [1.29, 1.82) is 0 Å². The first-order chi connectivity index (χ1) is 10.6. The van der Waals surface area contributed by atoms with Crippen LogP contribution in [0, 0.1) is 0 Å². The summed E-state index contributed by atoms with van der Waals surface area (Å²) < 4.78 is 5.95. The van der Waals surface area contributed by atoms with Gasteiger partial charge in [-0.2, -0.15) is 19.8 Å². The van der Waals surface area contributed by atoms with Gasteiger partial charge in [0.15, 0.2) is 5.01 Å². The quantitative estimate of drug-likeness (QED) is 0.517. The van der Waals surface area contributed by atoms with Crippen molar-refractivity contribution in [2.75, 3.05) is 0 Å². The highest BCUT2D eigenvalue weighted by Crippen LogP contribution is 2.33. The highest BCUT2D eigenvalue weighted by molar-refractivity contribution is 9.10. The third-order valence-corrected chi connectivity index (χ3v) is 4.96. The van der Waals surface area contributed by atoms with Gasteiger partial charge in [-0.3, -0.25) is 9.36 Å². The van der Waals surface area contributed by atoms with Gasteiger partial charge in [0.1, 0.15) is 11.4 Å². The minimum Gasteiger partial charge on any atom is -0.264 e. The molecule has 0 saturated carbocycles. The predicted molar refractivity (Wildman–Crippen MR) is 85.8 cm³/mol. The molecule has 4 heterocycles. The van der Waals surface area contributed by atoms with E-state index in [1.54, 1.807) is 33.3 Å². The van der Waals surface area contributed by atoms with Crippen molar-refractivity contribution in [1.82, 2.24) is 39.4 Å². The van der Waals surface area contributed by atoms with Crippen LogP contribution in [0.3, 0.4) is 0 Å². The van der Waals surface area contributed by atoms with Crippen LogP contribution in [0.2, 0.25) is 5.02 Å². The number of rotatable bonds is 2. The van der Waals surface area contributed by atoms with Crippen molar-refractivity contribution in [2.45, 2.75) is 0 Å². The van der Waals surface area contributed by atoms with Gasteiger partial charge in [-0.25, -0.2) is 0 Å². The van der Waals surface area contributed by atoms with Crippen molar-refractivity contribution in [3.8, 4) is 22.2 Å². The zero-order valence-corrected chi connectivity index (χ0v) is 14.6. The van der Waals surface area contributed by atoms with Crippen molar-refractivity contribution in [3.05, 3.63) is 21.9 Å². The number of fused-ring (bicyclic) bond motifs is 1. The molecule has 4 rings (SSSR count). The van der Waals surface area contributed by atoms with Crippen LogP contribution < -0.4 is 0 Å². The van der Waals surface area contributed by atoms with Gasteiger partial charge < -0.3 is 0 Å². The molecule has 0 aliphatic rings. The summed E-state index contributed by atoms with van der Waals surface area (Å²) in [6.07, 6.45) is 3.31. The Hall–Kier alpha value is -1.78. The van der Waals surface area contributed by atoms with E-state index in [4.69, 9.17) is 11.6 Å². The maximum atomic E-state index is 6.18. The molecule has 0 atom stereocenters. The van der Waals surface area contributed by atoms with Gasteiger partial charge in [-0.05, 0) is 15.9 Å². The molecule has 112 valence electrons. The van der Waals surface area contributed by atoms with E-state index in [-0.39, 0.29) is 0 Å². The Bertz CT molecular complexity index is 956. The second-order valence-corrected chi connectivity index (χ2v) is 6.77. The molecule has 4 aromatic rings. The minimum absolute atomic E-state index is 0.507. The van der Waals surface area contributed by atoms with Gasteiger partial charge in [0.25, 0.3) is 0 Å². The molecule has 22 heavy (non-hydrogen) atoms. The van der Waals surface area contributed by atoms with Crippen LogP contribution in [-0.2, 0) is 14.1 Å². The van der Waals surface area contributed by atoms with Crippen molar-refractivity contribution < 1.29 is 0 Å². The Balaban J connectivity index is 1.94. The normalized spacial score (nSPS) is 11.6. The van der Waals surface area contributed by atoms with Crippen LogP contribution in [0.5, 0.6) is 0 Å². The Kier molecular flexibility index (Phi) is 3.06. The first-order valence-corrected chi connectivity index (χ1v) is 8.13. The van der Waals surface area contributed by atoms with E-state index in [1.165, 1.54) is 11.3 Å². The number of aryl methyl sites for hydroxylation is 2. The first-order valence-electron chi connectivity index (χ1n) is 6.14. The third-order valence-electron chi connectivity index (χ3n) is 3.19. The lowest BCUT2D eigenvalue weighted by molar-refractivity contribution is 0.762. The average molecular weight is 400 g/mol. The summed E-state index contributed by atoms with van der Waals surface area (Å²) in [6, 6.07) is 0. The molecule has 0 N–H and O–H groups in total. The van der Waals surface area contributed by atoms with Crippen molar-refractivity contribution >= 4 is 43.8 Å². The van der Waals surface area contributed by atoms with Gasteiger partial charge >= 0.3 is 0 Å². The molecule has 0 aliphatic heterocycles. The van der Waals surface area contributed by atoms with Crippen LogP contribution in [0.15, 0.2) is 16.9 Å². The smallest absolute Gasteiger partial charge is 0.235 e. The largest absolute Gasteiger partial charge is 0.264 e. The summed E-state index contributed by atoms with van der Waals surface area (Å²) in [5.74, 6) is 0.556. The fourth-order valence-corrected chi connectivity index (χ4v) is 4.02. The minimum atomic E-state index is 0.507. The van der Waals surface area contributed by atoms with Gasteiger partial charge in [0, 0.05) is 14.1 Å². The molecule has 8 nitrogen and oxygen atoms in total. The average Bonchev–Trinajstić information content (AvgIpc) is 3.18. The fourth-order valence-electron chi connectivity index (χ4n) is 2.17. The number of aromatic nitrogens is 8. The molecule has 0 spiro atoms. The van der Waals surface area contributed by atoms with E-state index in [2.05, 4.69) is 41.4 Å².